The summed E-state index contributed by atoms with van der Waals surface area (Å²) in [6.45, 7) is 4.45. The normalized spacial score (nSPS) is 12.0. The van der Waals surface area contributed by atoms with Gasteiger partial charge in [-0.3, -0.25) is 4.57 Å². The third-order valence-corrected chi connectivity index (χ3v) is 4.66. The Balaban J connectivity index is 1.78. The maximum atomic E-state index is 10.3. The molecule has 0 fully saturated rings. The highest BCUT2D eigenvalue weighted by molar-refractivity contribution is 7.99. The van der Waals surface area contributed by atoms with E-state index in [-0.39, 0.29) is 0 Å². The van der Waals surface area contributed by atoms with E-state index in [1.807, 2.05) is 71.3 Å². The van der Waals surface area contributed by atoms with Gasteiger partial charge in [-0.2, -0.15) is 0 Å². The van der Waals surface area contributed by atoms with E-state index in [9.17, 15) is 5.11 Å². The van der Waals surface area contributed by atoms with Gasteiger partial charge in [0.2, 0.25) is 0 Å². The zero-order chi connectivity index (χ0) is 16.8. The number of aromatic nitrogens is 3. The summed E-state index contributed by atoms with van der Waals surface area (Å²) in [6, 6.07) is 19.6. The molecule has 0 saturated carbocycles. The molecule has 1 heterocycles. The average Bonchev–Trinajstić information content (AvgIpc) is 3.04. The average molecular weight is 337 g/mol. The smallest absolute Gasteiger partial charge is 0.191 e. The maximum Gasteiger partial charge on any atom is 0.191 e. The Hall–Kier alpha value is -2.37. The van der Waals surface area contributed by atoms with E-state index in [2.05, 4.69) is 16.8 Å². The first-order valence-corrected chi connectivity index (χ1v) is 8.73. The fourth-order valence-electron chi connectivity index (χ4n) is 2.41. The number of allylic oxidation sites excluding steroid dienone is 1. The van der Waals surface area contributed by atoms with Gasteiger partial charge in [-0.1, -0.05) is 78.5 Å². The Morgan fingerprint density at radius 2 is 1.71 bits per heavy atom. The Bertz CT molecular complexity index is 787. The molecule has 0 amide bonds. The number of benzene rings is 2. The summed E-state index contributed by atoms with van der Waals surface area (Å²) in [7, 11) is 0. The van der Waals surface area contributed by atoms with Gasteiger partial charge in [0.1, 0.15) is 0 Å². The number of nitrogens with zero attached hydrogens (tertiary/aromatic N) is 3. The van der Waals surface area contributed by atoms with Crippen molar-refractivity contribution >= 4 is 11.8 Å². The molecule has 0 bridgehead atoms. The van der Waals surface area contributed by atoms with Crippen molar-refractivity contribution in [3.63, 3.8) is 0 Å². The fraction of sp³-hybridized carbons (Fsp3) is 0.158. The van der Waals surface area contributed by atoms with Crippen LogP contribution in [0, 0.1) is 0 Å². The molecule has 0 aliphatic rings. The van der Waals surface area contributed by atoms with Crippen molar-refractivity contribution in [2.45, 2.75) is 17.8 Å². The van der Waals surface area contributed by atoms with Crippen molar-refractivity contribution in [3.8, 4) is 11.4 Å². The van der Waals surface area contributed by atoms with Crippen LogP contribution in [0.1, 0.15) is 11.7 Å². The molecule has 0 aliphatic heterocycles. The van der Waals surface area contributed by atoms with Gasteiger partial charge < -0.3 is 5.11 Å². The molecule has 0 radical (unpaired) electrons. The Morgan fingerprint density at radius 3 is 2.38 bits per heavy atom. The SMILES string of the molecule is C=CCn1c(SCC(O)c2ccccc2)nnc1-c1ccccc1. The van der Waals surface area contributed by atoms with Gasteiger partial charge in [0.15, 0.2) is 11.0 Å². The second-order valence-corrected chi connectivity index (χ2v) is 6.30. The van der Waals surface area contributed by atoms with E-state index in [1.54, 1.807) is 0 Å². The molecular formula is C19H19N3OS. The van der Waals surface area contributed by atoms with Crippen LogP contribution in [0.5, 0.6) is 0 Å². The molecule has 0 aliphatic carbocycles. The lowest BCUT2D eigenvalue weighted by molar-refractivity contribution is 0.204. The molecule has 1 aromatic heterocycles. The van der Waals surface area contributed by atoms with Gasteiger partial charge in [-0.25, -0.2) is 0 Å². The molecular weight excluding hydrogens is 318 g/mol. The van der Waals surface area contributed by atoms with Gasteiger partial charge in [0.05, 0.1) is 6.10 Å². The number of hydrogen-bond acceptors (Lipinski definition) is 4. The van der Waals surface area contributed by atoms with E-state index in [4.69, 9.17) is 0 Å². The van der Waals surface area contributed by atoms with Crippen molar-refractivity contribution in [2.75, 3.05) is 5.75 Å². The van der Waals surface area contributed by atoms with Gasteiger partial charge in [-0.15, -0.1) is 16.8 Å². The van der Waals surface area contributed by atoms with Crippen LogP contribution in [0.4, 0.5) is 0 Å². The fourth-order valence-corrected chi connectivity index (χ4v) is 3.33. The quantitative estimate of drug-likeness (QED) is 0.524. The number of aliphatic hydroxyl groups excluding tert-OH is 1. The lowest BCUT2D eigenvalue weighted by Gasteiger charge is -2.11. The van der Waals surface area contributed by atoms with Crippen molar-refractivity contribution < 1.29 is 5.11 Å². The van der Waals surface area contributed by atoms with E-state index in [1.165, 1.54) is 11.8 Å². The van der Waals surface area contributed by atoms with Crippen molar-refractivity contribution in [1.29, 1.82) is 0 Å². The van der Waals surface area contributed by atoms with Crippen LogP contribution in [0.2, 0.25) is 0 Å². The summed E-state index contributed by atoms with van der Waals surface area (Å²) in [6.07, 6.45) is 1.29. The van der Waals surface area contributed by atoms with Gasteiger partial charge in [0.25, 0.3) is 0 Å². The summed E-state index contributed by atoms with van der Waals surface area (Å²) in [5.74, 6) is 1.33. The molecule has 3 rings (SSSR count). The molecule has 24 heavy (non-hydrogen) atoms. The molecule has 2 aromatic carbocycles. The van der Waals surface area contributed by atoms with Crippen molar-refractivity contribution in [2.24, 2.45) is 0 Å². The monoisotopic (exact) mass is 337 g/mol. The molecule has 3 aromatic rings. The molecule has 1 unspecified atom stereocenters. The third kappa shape index (κ3) is 3.75. The van der Waals surface area contributed by atoms with Gasteiger partial charge in [0, 0.05) is 17.9 Å². The highest BCUT2D eigenvalue weighted by atomic mass is 32.2. The predicted octanol–water partition coefficient (Wildman–Crippen LogP) is 3.96. The Kier molecular flexibility index (Phi) is 5.46. The molecule has 1 N–H and O–H groups in total. The van der Waals surface area contributed by atoms with Crippen molar-refractivity contribution in [1.82, 2.24) is 14.8 Å². The Labute approximate surface area is 145 Å². The van der Waals surface area contributed by atoms with Crippen LogP contribution in [-0.4, -0.2) is 25.6 Å². The minimum absolute atomic E-state index is 0.522. The third-order valence-electron chi connectivity index (χ3n) is 3.62. The first-order valence-electron chi connectivity index (χ1n) is 7.75. The lowest BCUT2D eigenvalue weighted by Crippen LogP contribution is -2.04. The molecule has 0 spiro atoms. The first kappa shape index (κ1) is 16.5. The minimum atomic E-state index is -0.537. The van der Waals surface area contributed by atoms with Gasteiger partial charge in [-0.05, 0) is 5.56 Å². The van der Waals surface area contributed by atoms with E-state index in [0.29, 0.717) is 12.3 Å². The highest BCUT2D eigenvalue weighted by Gasteiger charge is 2.15. The summed E-state index contributed by atoms with van der Waals surface area (Å²) < 4.78 is 2.02. The van der Waals surface area contributed by atoms with E-state index < -0.39 is 6.10 Å². The van der Waals surface area contributed by atoms with Crippen LogP contribution in [0.15, 0.2) is 78.5 Å². The topological polar surface area (TPSA) is 50.9 Å². The van der Waals surface area contributed by atoms with Gasteiger partial charge >= 0.3 is 0 Å². The van der Waals surface area contributed by atoms with Crippen LogP contribution >= 0.6 is 11.8 Å². The molecule has 1 atom stereocenters. The predicted molar refractivity (Wildman–Crippen MR) is 97.8 cm³/mol. The number of aliphatic hydroxyl groups is 1. The van der Waals surface area contributed by atoms with Crippen LogP contribution < -0.4 is 0 Å². The molecule has 0 saturated heterocycles. The second kappa shape index (κ2) is 7.95. The summed E-state index contributed by atoms with van der Waals surface area (Å²) in [5.41, 5.74) is 1.92. The standard InChI is InChI=1S/C19H19N3OS/c1-2-13-22-18(16-11-7-4-8-12-16)20-21-19(22)24-14-17(23)15-9-5-3-6-10-15/h2-12,17,23H,1,13-14H2. The second-order valence-electron chi connectivity index (χ2n) is 5.31. The van der Waals surface area contributed by atoms with Crippen molar-refractivity contribution in [3.05, 3.63) is 78.9 Å². The van der Waals surface area contributed by atoms with E-state index in [0.717, 1.165) is 22.1 Å². The van der Waals surface area contributed by atoms with Crippen LogP contribution in [0.3, 0.4) is 0 Å². The number of hydrogen-bond donors (Lipinski definition) is 1. The number of thioether (sulfide) groups is 1. The molecule has 122 valence electrons. The summed E-state index contributed by atoms with van der Waals surface area (Å²) in [5, 5.41) is 19.7. The molecule has 4 nitrogen and oxygen atoms in total. The lowest BCUT2D eigenvalue weighted by atomic mass is 10.1. The summed E-state index contributed by atoms with van der Waals surface area (Å²) in [4.78, 5) is 0. The van der Waals surface area contributed by atoms with E-state index >= 15 is 0 Å². The first-order chi connectivity index (χ1) is 11.8. The number of rotatable bonds is 7. The maximum absolute atomic E-state index is 10.3. The Morgan fingerprint density at radius 1 is 1.04 bits per heavy atom. The largest absolute Gasteiger partial charge is 0.388 e. The highest BCUT2D eigenvalue weighted by Crippen LogP contribution is 2.27. The minimum Gasteiger partial charge on any atom is -0.388 e. The zero-order valence-electron chi connectivity index (χ0n) is 13.2. The zero-order valence-corrected chi connectivity index (χ0v) is 14.1. The van der Waals surface area contributed by atoms with Crippen LogP contribution in [-0.2, 0) is 6.54 Å². The summed E-state index contributed by atoms with van der Waals surface area (Å²) >= 11 is 1.50. The molecule has 5 heteroatoms. The van der Waals surface area contributed by atoms with Crippen LogP contribution in [0.25, 0.3) is 11.4 Å².